The van der Waals surface area contributed by atoms with E-state index in [9.17, 15) is 4.79 Å². The Morgan fingerprint density at radius 1 is 1.32 bits per heavy atom. The number of ether oxygens (including phenoxy) is 1. The topological polar surface area (TPSA) is 38.3 Å². The second kappa shape index (κ2) is 7.39. The molecule has 106 valence electrons. The molecular formula is C15H22ClNO2. The number of hydrogen-bond acceptors (Lipinski definition) is 2. The third-order valence-electron chi connectivity index (χ3n) is 2.65. The summed E-state index contributed by atoms with van der Waals surface area (Å²) < 4.78 is 5.56. The number of carbonyl (C=O) groups is 1. The van der Waals surface area contributed by atoms with Crippen LogP contribution in [0.4, 0.5) is 0 Å². The van der Waals surface area contributed by atoms with E-state index in [4.69, 9.17) is 16.3 Å². The Kier molecular flexibility index (Phi) is 6.16. The minimum atomic E-state index is -0.125. The van der Waals surface area contributed by atoms with Crippen LogP contribution in [0.3, 0.4) is 0 Å². The Labute approximate surface area is 120 Å². The fraction of sp³-hybridized carbons (Fsp3) is 0.533. The molecule has 0 fully saturated rings. The largest absolute Gasteiger partial charge is 0.491 e. The van der Waals surface area contributed by atoms with E-state index in [1.54, 1.807) is 12.1 Å². The molecule has 0 saturated carbocycles. The highest BCUT2D eigenvalue weighted by Gasteiger charge is 2.12. The molecule has 0 aliphatic rings. The Bertz CT molecular complexity index is 418. The molecule has 1 aromatic carbocycles. The summed E-state index contributed by atoms with van der Waals surface area (Å²) in [6.45, 7) is 8.43. The van der Waals surface area contributed by atoms with E-state index in [1.165, 1.54) is 0 Å². The fourth-order valence-corrected chi connectivity index (χ4v) is 1.59. The molecule has 0 aliphatic carbocycles. The van der Waals surface area contributed by atoms with Crippen molar-refractivity contribution in [1.29, 1.82) is 0 Å². The second-order valence-corrected chi connectivity index (χ2v) is 5.73. The average molecular weight is 284 g/mol. The lowest BCUT2D eigenvalue weighted by molar-refractivity contribution is 0.0951. The summed E-state index contributed by atoms with van der Waals surface area (Å²) in [6.07, 6.45) is 0.0893. The van der Waals surface area contributed by atoms with Gasteiger partial charge in [0.15, 0.2) is 0 Å². The number of rotatable bonds is 6. The van der Waals surface area contributed by atoms with E-state index in [0.29, 0.717) is 23.8 Å². The van der Waals surface area contributed by atoms with E-state index >= 15 is 0 Å². The van der Waals surface area contributed by atoms with Crippen molar-refractivity contribution in [1.82, 2.24) is 5.32 Å². The molecule has 0 spiro atoms. The number of benzene rings is 1. The zero-order chi connectivity index (χ0) is 14.4. The molecule has 0 heterocycles. The van der Waals surface area contributed by atoms with Crippen molar-refractivity contribution in [3.63, 3.8) is 0 Å². The molecule has 19 heavy (non-hydrogen) atoms. The van der Waals surface area contributed by atoms with E-state index < -0.39 is 0 Å². The predicted octanol–water partition coefficient (Wildman–Crippen LogP) is 3.47. The van der Waals surface area contributed by atoms with Gasteiger partial charge in [0, 0.05) is 12.1 Å². The number of halogens is 1. The minimum Gasteiger partial charge on any atom is -0.491 e. The van der Waals surface area contributed by atoms with E-state index in [1.807, 2.05) is 39.8 Å². The van der Waals surface area contributed by atoms with Crippen LogP contribution in [0, 0.1) is 5.92 Å². The molecule has 1 rings (SSSR count). The highest BCUT2D eigenvalue weighted by Crippen LogP contribution is 2.15. The van der Waals surface area contributed by atoms with Gasteiger partial charge in [0.1, 0.15) is 5.75 Å². The highest BCUT2D eigenvalue weighted by atomic mass is 35.5. The first-order valence-electron chi connectivity index (χ1n) is 6.59. The predicted molar refractivity (Wildman–Crippen MR) is 79.0 cm³/mol. The van der Waals surface area contributed by atoms with Gasteiger partial charge in [0.05, 0.1) is 11.5 Å². The molecule has 0 radical (unpaired) electrons. The van der Waals surface area contributed by atoms with Crippen molar-refractivity contribution in [2.24, 2.45) is 5.92 Å². The molecule has 0 saturated heterocycles. The first-order valence-corrected chi connectivity index (χ1v) is 7.02. The van der Waals surface area contributed by atoms with Crippen molar-refractivity contribution in [2.75, 3.05) is 6.54 Å². The van der Waals surface area contributed by atoms with Crippen molar-refractivity contribution in [2.45, 2.75) is 39.2 Å². The van der Waals surface area contributed by atoms with Crippen LogP contribution in [0.25, 0.3) is 0 Å². The lowest BCUT2D eigenvalue weighted by Crippen LogP contribution is -2.31. The zero-order valence-electron chi connectivity index (χ0n) is 11.9. The molecule has 1 atom stereocenters. The quantitative estimate of drug-likeness (QED) is 0.812. The van der Waals surface area contributed by atoms with Gasteiger partial charge in [-0.15, -0.1) is 11.6 Å². The molecule has 0 aromatic heterocycles. The Morgan fingerprint density at radius 2 is 2.00 bits per heavy atom. The van der Waals surface area contributed by atoms with Crippen LogP contribution < -0.4 is 10.1 Å². The van der Waals surface area contributed by atoms with Crippen LogP contribution in [0.2, 0.25) is 0 Å². The summed E-state index contributed by atoms with van der Waals surface area (Å²) in [6, 6.07) is 7.16. The molecule has 1 unspecified atom stereocenters. The SMILES string of the molecule is CC(C)Oc1cccc(C(=O)NCC(Cl)C(C)C)c1. The molecule has 4 heteroatoms. The van der Waals surface area contributed by atoms with Gasteiger partial charge >= 0.3 is 0 Å². The molecule has 1 amide bonds. The summed E-state index contributed by atoms with van der Waals surface area (Å²) in [5.41, 5.74) is 0.589. The zero-order valence-corrected chi connectivity index (χ0v) is 12.7. The summed E-state index contributed by atoms with van der Waals surface area (Å²) in [7, 11) is 0. The van der Waals surface area contributed by atoms with Gasteiger partial charge in [0.25, 0.3) is 5.91 Å². The maximum Gasteiger partial charge on any atom is 0.251 e. The fourth-order valence-electron chi connectivity index (χ4n) is 1.51. The number of carbonyl (C=O) groups excluding carboxylic acids is 1. The summed E-state index contributed by atoms with van der Waals surface area (Å²) in [5, 5.41) is 2.78. The van der Waals surface area contributed by atoms with Crippen molar-refractivity contribution in [3.8, 4) is 5.75 Å². The van der Waals surface area contributed by atoms with Crippen LogP contribution in [-0.4, -0.2) is 23.9 Å². The maximum atomic E-state index is 12.0. The van der Waals surface area contributed by atoms with Gasteiger partial charge in [-0.1, -0.05) is 19.9 Å². The number of alkyl halides is 1. The molecule has 0 aliphatic heterocycles. The normalized spacial score (nSPS) is 12.6. The summed E-state index contributed by atoms with van der Waals surface area (Å²) in [5.74, 6) is 0.909. The monoisotopic (exact) mass is 283 g/mol. The first kappa shape index (κ1) is 15.8. The van der Waals surface area contributed by atoms with Crippen molar-refractivity contribution >= 4 is 17.5 Å². The van der Waals surface area contributed by atoms with Gasteiger partial charge < -0.3 is 10.1 Å². The lowest BCUT2D eigenvalue weighted by Gasteiger charge is -2.14. The van der Waals surface area contributed by atoms with Crippen molar-refractivity contribution < 1.29 is 9.53 Å². The molecule has 1 N–H and O–H groups in total. The third-order valence-corrected chi connectivity index (χ3v) is 3.31. The standard InChI is InChI=1S/C15H22ClNO2/c1-10(2)14(16)9-17-15(18)12-6-5-7-13(8-12)19-11(3)4/h5-8,10-11,14H,9H2,1-4H3,(H,17,18). The van der Waals surface area contributed by atoms with Crippen LogP contribution in [-0.2, 0) is 0 Å². The number of amides is 1. The first-order chi connectivity index (χ1) is 8.90. The number of hydrogen-bond donors (Lipinski definition) is 1. The van der Waals surface area contributed by atoms with Gasteiger partial charge in [-0.2, -0.15) is 0 Å². The van der Waals surface area contributed by atoms with E-state index in [2.05, 4.69) is 5.32 Å². The Balaban J connectivity index is 2.61. The maximum absolute atomic E-state index is 12.0. The second-order valence-electron chi connectivity index (χ2n) is 5.16. The van der Waals surface area contributed by atoms with Gasteiger partial charge in [-0.3, -0.25) is 4.79 Å². The van der Waals surface area contributed by atoms with Crippen LogP contribution in [0.5, 0.6) is 5.75 Å². The molecule has 3 nitrogen and oxygen atoms in total. The minimum absolute atomic E-state index is 0.0564. The molecule has 1 aromatic rings. The van der Waals surface area contributed by atoms with E-state index in [0.717, 1.165) is 0 Å². The Hall–Kier alpha value is -1.22. The average Bonchev–Trinajstić information content (AvgIpc) is 2.34. The third kappa shape index (κ3) is 5.52. The summed E-state index contributed by atoms with van der Waals surface area (Å²) in [4.78, 5) is 12.0. The lowest BCUT2D eigenvalue weighted by atomic mass is 10.1. The molecular weight excluding hydrogens is 262 g/mol. The van der Waals surface area contributed by atoms with Crippen LogP contribution in [0.1, 0.15) is 38.1 Å². The smallest absolute Gasteiger partial charge is 0.251 e. The van der Waals surface area contributed by atoms with Crippen LogP contribution >= 0.6 is 11.6 Å². The summed E-state index contributed by atoms with van der Waals surface area (Å²) >= 11 is 6.11. The van der Waals surface area contributed by atoms with Gasteiger partial charge in [-0.05, 0) is 38.0 Å². The van der Waals surface area contributed by atoms with Crippen LogP contribution in [0.15, 0.2) is 24.3 Å². The van der Waals surface area contributed by atoms with Gasteiger partial charge in [0.2, 0.25) is 0 Å². The van der Waals surface area contributed by atoms with E-state index in [-0.39, 0.29) is 17.4 Å². The van der Waals surface area contributed by atoms with Crippen molar-refractivity contribution in [3.05, 3.63) is 29.8 Å². The highest BCUT2D eigenvalue weighted by molar-refractivity contribution is 6.21. The van der Waals surface area contributed by atoms with Gasteiger partial charge in [-0.25, -0.2) is 0 Å². The molecule has 0 bridgehead atoms. The Morgan fingerprint density at radius 3 is 2.58 bits per heavy atom. The number of nitrogens with one attached hydrogen (secondary N) is 1.